The molecule has 0 bridgehead atoms. The number of rotatable bonds is 7. The Balaban J connectivity index is 2.37. The molecule has 0 aromatic carbocycles. The van der Waals surface area contributed by atoms with Crippen molar-refractivity contribution in [2.24, 2.45) is 0 Å². The molecule has 0 aliphatic carbocycles. The van der Waals surface area contributed by atoms with Gasteiger partial charge in [0.1, 0.15) is 0 Å². The van der Waals surface area contributed by atoms with Crippen molar-refractivity contribution < 1.29 is 4.74 Å². The van der Waals surface area contributed by atoms with Gasteiger partial charge in [-0.2, -0.15) is 0 Å². The van der Waals surface area contributed by atoms with Gasteiger partial charge in [-0.25, -0.2) is 4.98 Å². The zero-order valence-electron chi connectivity index (χ0n) is 8.99. The van der Waals surface area contributed by atoms with Crippen LogP contribution >= 0.6 is 0 Å². The van der Waals surface area contributed by atoms with Gasteiger partial charge in [-0.1, -0.05) is 6.92 Å². The maximum absolute atomic E-state index is 5.30. The number of hydrogen-bond donors (Lipinski definition) is 1. The van der Waals surface area contributed by atoms with E-state index in [0.29, 0.717) is 0 Å². The molecule has 4 nitrogen and oxygen atoms in total. The van der Waals surface area contributed by atoms with Crippen LogP contribution in [-0.2, 0) is 17.8 Å². The van der Waals surface area contributed by atoms with E-state index in [1.165, 1.54) is 5.69 Å². The fraction of sp³-hybridized carbons (Fsp3) is 0.700. The molecule has 0 unspecified atom stereocenters. The van der Waals surface area contributed by atoms with Crippen LogP contribution in [0, 0.1) is 0 Å². The van der Waals surface area contributed by atoms with Crippen molar-refractivity contribution in [3.63, 3.8) is 0 Å². The quantitative estimate of drug-likeness (QED) is 0.664. The van der Waals surface area contributed by atoms with Crippen molar-refractivity contribution in [3.05, 3.63) is 18.2 Å². The van der Waals surface area contributed by atoms with Crippen LogP contribution in [0.5, 0.6) is 0 Å². The summed E-state index contributed by atoms with van der Waals surface area (Å²) in [4.78, 5) is 4.12. The van der Waals surface area contributed by atoms with E-state index in [1.54, 1.807) is 0 Å². The van der Waals surface area contributed by atoms with Gasteiger partial charge in [-0.3, -0.25) is 0 Å². The lowest BCUT2D eigenvalue weighted by Gasteiger charge is -2.07. The molecule has 80 valence electrons. The van der Waals surface area contributed by atoms with Gasteiger partial charge >= 0.3 is 0 Å². The van der Waals surface area contributed by atoms with Crippen LogP contribution in [0.15, 0.2) is 12.5 Å². The highest BCUT2D eigenvalue weighted by atomic mass is 16.5. The largest absolute Gasteiger partial charge is 0.380 e. The molecule has 0 spiro atoms. The van der Waals surface area contributed by atoms with E-state index in [9.17, 15) is 0 Å². The first-order valence-corrected chi connectivity index (χ1v) is 5.16. The van der Waals surface area contributed by atoms with Crippen LogP contribution < -0.4 is 5.32 Å². The topological polar surface area (TPSA) is 39.1 Å². The summed E-state index contributed by atoms with van der Waals surface area (Å²) in [5.41, 5.74) is 1.21. The number of ether oxygens (including phenoxy) is 1. The number of aromatic nitrogens is 2. The van der Waals surface area contributed by atoms with Crippen molar-refractivity contribution in [2.45, 2.75) is 26.9 Å². The summed E-state index contributed by atoms with van der Waals surface area (Å²) in [7, 11) is 0. The fourth-order valence-corrected chi connectivity index (χ4v) is 1.26. The van der Waals surface area contributed by atoms with E-state index in [1.807, 2.05) is 19.4 Å². The van der Waals surface area contributed by atoms with Gasteiger partial charge in [-0.05, 0) is 13.5 Å². The number of hydrogen-bond acceptors (Lipinski definition) is 3. The summed E-state index contributed by atoms with van der Waals surface area (Å²) in [6.07, 6.45) is 3.75. The van der Waals surface area contributed by atoms with Gasteiger partial charge in [0.15, 0.2) is 0 Å². The molecule has 4 heteroatoms. The Kier molecular flexibility index (Phi) is 5.25. The predicted molar refractivity (Wildman–Crippen MR) is 56.1 cm³/mol. The molecule has 1 aromatic heterocycles. The number of nitrogens with zero attached hydrogens (tertiary/aromatic N) is 2. The van der Waals surface area contributed by atoms with E-state index >= 15 is 0 Å². The molecule has 1 N–H and O–H groups in total. The number of imidazole rings is 1. The first-order valence-electron chi connectivity index (χ1n) is 5.16. The Morgan fingerprint density at radius 1 is 1.50 bits per heavy atom. The second-order valence-electron chi connectivity index (χ2n) is 3.06. The van der Waals surface area contributed by atoms with Gasteiger partial charge in [-0.15, -0.1) is 0 Å². The predicted octanol–water partition coefficient (Wildman–Crippen LogP) is 1.03. The molecule has 0 aliphatic rings. The Morgan fingerprint density at radius 2 is 2.36 bits per heavy atom. The monoisotopic (exact) mass is 197 g/mol. The second-order valence-corrected chi connectivity index (χ2v) is 3.06. The molecule has 0 saturated carbocycles. The van der Waals surface area contributed by atoms with Crippen LogP contribution in [0.3, 0.4) is 0 Å². The molecule has 14 heavy (non-hydrogen) atoms. The Hall–Kier alpha value is -0.870. The standard InChI is InChI=1S/C10H19N3O/c1-3-11-7-10-8-12-9-13(10)5-6-14-4-2/h8-9,11H,3-7H2,1-2H3. The molecule has 1 heterocycles. The molecular weight excluding hydrogens is 178 g/mol. The van der Waals surface area contributed by atoms with E-state index in [-0.39, 0.29) is 0 Å². The third-order valence-corrected chi connectivity index (χ3v) is 2.04. The minimum atomic E-state index is 0.756. The van der Waals surface area contributed by atoms with Crippen LogP contribution in [-0.4, -0.2) is 29.3 Å². The molecular formula is C10H19N3O. The highest BCUT2D eigenvalue weighted by Gasteiger charge is 2.00. The smallest absolute Gasteiger partial charge is 0.0949 e. The van der Waals surface area contributed by atoms with Gasteiger partial charge in [0.25, 0.3) is 0 Å². The molecule has 1 rings (SSSR count). The maximum atomic E-state index is 5.30. The van der Waals surface area contributed by atoms with E-state index in [4.69, 9.17) is 4.74 Å². The zero-order valence-corrected chi connectivity index (χ0v) is 8.99. The molecule has 0 atom stereocenters. The lowest BCUT2D eigenvalue weighted by Crippen LogP contribution is -2.16. The van der Waals surface area contributed by atoms with Gasteiger partial charge in [0.2, 0.25) is 0 Å². The SMILES string of the molecule is CCNCc1cncn1CCOCC. The molecule has 1 aromatic rings. The second kappa shape index (κ2) is 6.56. The first-order chi connectivity index (χ1) is 6.88. The minimum absolute atomic E-state index is 0.756. The third-order valence-electron chi connectivity index (χ3n) is 2.04. The molecule has 0 aliphatic heterocycles. The fourth-order valence-electron chi connectivity index (χ4n) is 1.26. The lowest BCUT2D eigenvalue weighted by molar-refractivity contribution is 0.138. The minimum Gasteiger partial charge on any atom is -0.380 e. The lowest BCUT2D eigenvalue weighted by atomic mass is 10.4. The van der Waals surface area contributed by atoms with Crippen LogP contribution in [0.25, 0.3) is 0 Å². The van der Waals surface area contributed by atoms with Crippen LogP contribution in [0.2, 0.25) is 0 Å². The third kappa shape index (κ3) is 3.47. The Bertz CT molecular complexity index is 247. The first kappa shape index (κ1) is 11.2. The van der Waals surface area contributed by atoms with E-state index < -0.39 is 0 Å². The Labute approximate surface area is 85.3 Å². The summed E-state index contributed by atoms with van der Waals surface area (Å²) in [5.74, 6) is 0. The normalized spacial score (nSPS) is 10.7. The van der Waals surface area contributed by atoms with Crippen molar-refractivity contribution in [1.82, 2.24) is 14.9 Å². The zero-order chi connectivity index (χ0) is 10.2. The van der Waals surface area contributed by atoms with Crippen LogP contribution in [0.4, 0.5) is 0 Å². The van der Waals surface area contributed by atoms with E-state index in [0.717, 1.165) is 32.8 Å². The highest BCUT2D eigenvalue weighted by molar-refractivity contribution is 4.97. The average molecular weight is 197 g/mol. The Morgan fingerprint density at radius 3 is 3.07 bits per heavy atom. The van der Waals surface area contributed by atoms with Crippen molar-refractivity contribution in [1.29, 1.82) is 0 Å². The van der Waals surface area contributed by atoms with Gasteiger partial charge in [0, 0.05) is 25.9 Å². The van der Waals surface area contributed by atoms with Gasteiger partial charge in [0.05, 0.1) is 18.6 Å². The molecule has 0 radical (unpaired) electrons. The highest BCUT2D eigenvalue weighted by Crippen LogP contribution is 1.98. The number of nitrogens with one attached hydrogen (secondary N) is 1. The van der Waals surface area contributed by atoms with Crippen molar-refractivity contribution in [2.75, 3.05) is 19.8 Å². The summed E-state index contributed by atoms with van der Waals surface area (Å²) in [6, 6.07) is 0. The summed E-state index contributed by atoms with van der Waals surface area (Å²) >= 11 is 0. The summed E-state index contributed by atoms with van der Waals surface area (Å²) in [6.45, 7) is 8.38. The molecule has 0 fully saturated rings. The van der Waals surface area contributed by atoms with Crippen LogP contribution in [0.1, 0.15) is 19.5 Å². The van der Waals surface area contributed by atoms with Gasteiger partial charge < -0.3 is 14.6 Å². The molecule has 0 saturated heterocycles. The molecule has 0 amide bonds. The maximum Gasteiger partial charge on any atom is 0.0949 e. The summed E-state index contributed by atoms with van der Waals surface area (Å²) in [5, 5.41) is 3.28. The average Bonchev–Trinajstić information content (AvgIpc) is 2.63. The summed E-state index contributed by atoms with van der Waals surface area (Å²) < 4.78 is 7.42. The van der Waals surface area contributed by atoms with Crippen molar-refractivity contribution >= 4 is 0 Å². The van der Waals surface area contributed by atoms with Crippen molar-refractivity contribution in [3.8, 4) is 0 Å². The van der Waals surface area contributed by atoms with E-state index in [2.05, 4.69) is 21.8 Å².